The molecule has 0 saturated carbocycles. The van der Waals surface area contributed by atoms with Crippen molar-refractivity contribution in [2.45, 2.75) is 38.9 Å². The van der Waals surface area contributed by atoms with Crippen LogP contribution in [0.2, 0.25) is 6.32 Å². The fraction of sp³-hybridized carbons (Fsp3) is 1.00. The van der Waals surface area contributed by atoms with Crippen molar-refractivity contribution in [3.05, 3.63) is 0 Å². The summed E-state index contributed by atoms with van der Waals surface area (Å²) in [5, 5.41) is 0. The van der Waals surface area contributed by atoms with Gasteiger partial charge in [0, 0.05) is 0 Å². The largest absolute Gasteiger partial charge is 1.00 e. The van der Waals surface area contributed by atoms with Crippen LogP contribution in [0.3, 0.4) is 0 Å². The van der Waals surface area contributed by atoms with Gasteiger partial charge in [0.2, 0.25) is 0 Å². The summed E-state index contributed by atoms with van der Waals surface area (Å²) < 4.78 is 0. The summed E-state index contributed by atoms with van der Waals surface area (Å²) in [6.45, 7) is 2.20. The molecule has 2 radical (unpaired) electrons. The third-order valence-electron chi connectivity index (χ3n) is 1.06. The van der Waals surface area contributed by atoms with Crippen LogP contribution in [-0.4, -0.2) is 7.85 Å². The summed E-state index contributed by atoms with van der Waals surface area (Å²) in [6.07, 6.45) is 6.03. The van der Waals surface area contributed by atoms with E-state index in [-0.39, 0.29) is 20.3 Å². The van der Waals surface area contributed by atoms with Crippen LogP contribution in [0.4, 0.5) is 0 Å². The Morgan fingerprint density at radius 3 is 2.25 bits per heavy atom. The topological polar surface area (TPSA) is 0 Å². The van der Waals surface area contributed by atoms with Gasteiger partial charge in [-0.05, 0) is 0 Å². The van der Waals surface area contributed by atoms with Crippen molar-refractivity contribution in [1.82, 2.24) is 0 Å². The molecule has 0 N–H and O–H groups in total. The van der Waals surface area contributed by atoms with Crippen molar-refractivity contribution in [2.75, 3.05) is 0 Å². The minimum Gasteiger partial charge on any atom is -1.00 e. The van der Waals surface area contributed by atoms with E-state index in [1.807, 2.05) is 0 Å². The molecule has 2 heteroatoms. The molecular weight excluding hydrogens is 89.8 g/mol. The first-order valence-electron chi connectivity index (χ1n) is 3.12. The Balaban J connectivity index is -0.000000180. The molecule has 0 amide bonds. The SMILES string of the molecule is [B]CCCCCC.[H-].[Li+]. The first kappa shape index (κ1) is 11.5. The minimum atomic E-state index is 0. The van der Waals surface area contributed by atoms with E-state index in [0.29, 0.717) is 0 Å². The summed E-state index contributed by atoms with van der Waals surface area (Å²) in [7, 11) is 5.27. The maximum atomic E-state index is 5.27. The Bertz CT molecular complexity index is 32.2. The smallest absolute Gasteiger partial charge is 1.00 e. The van der Waals surface area contributed by atoms with Crippen LogP contribution in [0.1, 0.15) is 34.0 Å². The Kier molecular flexibility index (Phi) is 15.2. The molecule has 0 heterocycles. The Morgan fingerprint density at radius 1 is 1.25 bits per heavy atom. The Hall–Kier alpha value is 0.662. The second kappa shape index (κ2) is 10.6. The average Bonchev–Trinajstić information content (AvgIpc) is 1.69. The van der Waals surface area contributed by atoms with E-state index >= 15 is 0 Å². The Morgan fingerprint density at radius 2 is 1.88 bits per heavy atom. The van der Waals surface area contributed by atoms with Crippen molar-refractivity contribution in [2.24, 2.45) is 0 Å². The van der Waals surface area contributed by atoms with Crippen LogP contribution in [0.25, 0.3) is 0 Å². The van der Waals surface area contributed by atoms with Gasteiger partial charge in [-0.1, -0.05) is 38.9 Å². The molecular formula is C6H14BLi. The molecule has 42 valence electrons. The van der Waals surface area contributed by atoms with Crippen molar-refractivity contribution in [3.63, 3.8) is 0 Å². The predicted molar refractivity (Wildman–Crippen MR) is 35.8 cm³/mol. The second-order valence-electron chi connectivity index (χ2n) is 1.85. The summed E-state index contributed by atoms with van der Waals surface area (Å²) in [5.41, 5.74) is 0. The summed E-state index contributed by atoms with van der Waals surface area (Å²) in [5.74, 6) is 0. The fourth-order valence-electron chi connectivity index (χ4n) is 0.571. The third kappa shape index (κ3) is 9.83. The molecule has 0 saturated heterocycles. The van der Waals surface area contributed by atoms with Crippen LogP contribution in [0.15, 0.2) is 0 Å². The maximum absolute atomic E-state index is 5.27. The Labute approximate surface area is 67.5 Å². The monoisotopic (exact) mass is 104 g/mol. The second-order valence-corrected chi connectivity index (χ2v) is 1.85. The summed E-state index contributed by atoms with van der Waals surface area (Å²) >= 11 is 0. The van der Waals surface area contributed by atoms with Crippen molar-refractivity contribution < 1.29 is 20.3 Å². The molecule has 0 rings (SSSR count). The van der Waals surface area contributed by atoms with Crippen LogP contribution in [-0.2, 0) is 0 Å². The zero-order chi connectivity index (χ0) is 5.54. The molecule has 0 fully saturated rings. The van der Waals surface area contributed by atoms with E-state index in [0.717, 1.165) is 6.32 Å². The van der Waals surface area contributed by atoms with Crippen LogP contribution in [0.5, 0.6) is 0 Å². The van der Waals surface area contributed by atoms with Gasteiger partial charge in [-0.25, -0.2) is 0 Å². The zero-order valence-corrected chi connectivity index (χ0v) is 6.11. The first-order chi connectivity index (χ1) is 3.41. The van der Waals surface area contributed by atoms with Crippen LogP contribution >= 0.6 is 0 Å². The maximum Gasteiger partial charge on any atom is 1.00 e. The van der Waals surface area contributed by atoms with E-state index in [1.165, 1.54) is 25.7 Å². The van der Waals surface area contributed by atoms with Gasteiger partial charge in [0.15, 0.2) is 0 Å². The molecule has 0 aromatic carbocycles. The molecule has 0 aromatic rings. The van der Waals surface area contributed by atoms with Gasteiger partial charge in [-0.15, -0.1) is 0 Å². The molecule has 0 aliphatic heterocycles. The van der Waals surface area contributed by atoms with E-state index in [1.54, 1.807) is 0 Å². The molecule has 0 aliphatic rings. The van der Waals surface area contributed by atoms with Gasteiger partial charge in [-0.3, -0.25) is 0 Å². The van der Waals surface area contributed by atoms with Crippen LogP contribution < -0.4 is 18.9 Å². The molecule has 0 unspecified atom stereocenters. The zero-order valence-electron chi connectivity index (χ0n) is 7.11. The predicted octanol–water partition coefficient (Wildman–Crippen LogP) is -0.730. The van der Waals surface area contributed by atoms with Crippen LogP contribution in [0, 0.1) is 0 Å². The quantitative estimate of drug-likeness (QED) is 0.326. The van der Waals surface area contributed by atoms with Gasteiger partial charge in [0.1, 0.15) is 0 Å². The molecule has 0 nitrogen and oxygen atoms in total. The van der Waals surface area contributed by atoms with Crippen molar-refractivity contribution in [1.29, 1.82) is 0 Å². The fourth-order valence-corrected chi connectivity index (χ4v) is 0.571. The third-order valence-corrected chi connectivity index (χ3v) is 1.06. The average molecular weight is 104 g/mol. The standard InChI is InChI=1S/C6H13B.Li.H/c1-2-3-4-5-6-7;;/h2-6H2,1H3;;/q;+1;-1. The van der Waals surface area contributed by atoms with Gasteiger partial charge >= 0.3 is 18.9 Å². The van der Waals surface area contributed by atoms with Gasteiger partial charge in [-0.2, -0.15) is 0 Å². The van der Waals surface area contributed by atoms with E-state index < -0.39 is 0 Å². The minimum absolute atomic E-state index is 0. The number of hydrogen-bond donors (Lipinski definition) is 0. The molecule has 0 aromatic heterocycles. The van der Waals surface area contributed by atoms with E-state index in [9.17, 15) is 0 Å². The normalized spacial score (nSPS) is 8.12. The van der Waals surface area contributed by atoms with Crippen molar-refractivity contribution in [3.8, 4) is 0 Å². The summed E-state index contributed by atoms with van der Waals surface area (Å²) in [4.78, 5) is 0. The van der Waals surface area contributed by atoms with Gasteiger partial charge in [0.05, 0.1) is 7.85 Å². The summed E-state index contributed by atoms with van der Waals surface area (Å²) in [6, 6.07) is 0. The molecule has 8 heavy (non-hydrogen) atoms. The van der Waals surface area contributed by atoms with Gasteiger partial charge in [0.25, 0.3) is 0 Å². The first-order valence-corrected chi connectivity index (χ1v) is 3.12. The number of unbranched alkanes of at least 4 members (excludes halogenated alkanes) is 3. The number of hydrogen-bond acceptors (Lipinski definition) is 0. The molecule has 0 aliphatic carbocycles. The number of rotatable bonds is 4. The van der Waals surface area contributed by atoms with Gasteiger partial charge < -0.3 is 1.43 Å². The molecule has 0 bridgehead atoms. The van der Waals surface area contributed by atoms with E-state index in [2.05, 4.69) is 6.92 Å². The molecule has 0 spiro atoms. The van der Waals surface area contributed by atoms with E-state index in [4.69, 9.17) is 7.85 Å². The molecule has 0 atom stereocenters. The van der Waals surface area contributed by atoms with Crippen molar-refractivity contribution >= 4 is 7.85 Å².